The molecule has 0 aromatic carbocycles. The normalized spacial score (nSPS) is 16.8. The molecule has 1 aliphatic rings. The maximum absolute atomic E-state index is 12.6. The number of aromatic amines is 1. The number of hydrogen-bond donors (Lipinski definition) is 1. The lowest BCUT2D eigenvalue weighted by molar-refractivity contribution is 0.0964. The van der Waals surface area contributed by atoms with Crippen LogP contribution in [0.3, 0.4) is 0 Å². The van der Waals surface area contributed by atoms with Crippen LogP contribution < -0.4 is 11.2 Å². The van der Waals surface area contributed by atoms with Gasteiger partial charge >= 0.3 is 5.69 Å². The van der Waals surface area contributed by atoms with Crippen LogP contribution in [0.25, 0.3) is 11.0 Å². The fraction of sp³-hybridized carbons (Fsp3) is 0.333. The SMILES string of the molecule is COCCn1c(=O)[nH]c(=O)c2c3c(cnc21)C(=O)C[C@H](c1cccs1)C3. The van der Waals surface area contributed by atoms with Gasteiger partial charge in [0, 0.05) is 36.1 Å². The average molecular weight is 371 g/mol. The van der Waals surface area contributed by atoms with Gasteiger partial charge in [-0.2, -0.15) is 0 Å². The molecule has 0 fully saturated rings. The van der Waals surface area contributed by atoms with Gasteiger partial charge in [0.15, 0.2) is 5.78 Å². The number of methoxy groups -OCH3 is 1. The Hall–Kier alpha value is -2.58. The molecule has 1 aliphatic carbocycles. The minimum absolute atomic E-state index is 0.0203. The summed E-state index contributed by atoms with van der Waals surface area (Å²) in [6.07, 6.45) is 2.47. The monoisotopic (exact) mass is 371 g/mol. The number of hydrogen-bond acceptors (Lipinski definition) is 6. The van der Waals surface area contributed by atoms with E-state index in [-0.39, 0.29) is 18.2 Å². The first kappa shape index (κ1) is 16.9. The predicted octanol–water partition coefficient (Wildman–Crippen LogP) is 1.71. The summed E-state index contributed by atoms with van der Waals surface area (Å²) in [5.74, 6) is 0.0208. The molecule has 4 rings (SSSR count). The third-order valence-electron chi connectivity index (χ3n) is 4.76. The number of H-pyrrole nitrogens is 1. The van der Waals surface area contributed by atoms with E-state index in [1.807, 2.05) is 17.5 Å². The second-order valence-electron chi connectivity index (χ2n) is 6.30. The van der Waals surface area contributed by atoms with Gasteiger partial charge in [-0.25, -0.2) is 9.78 Å². The van der Waals surface area contributed by atoms with Crippen LogP contribution in [0.5, 0.6) is 0 Å². The highest BCUT2D eigenvalue weighted by molar-refractivity contribution is 7.10. The molecule has 3 heterocycles. The predicted molar refractivity (Wildman–Crippen MR) is 98.2 cm³/mol. The Kier molecular flexibility index (Phi) is 4.29. The number of Topliss-reactive ketones (excluding diaryl/α,β-unsaturated/α-hetero) is 1. The lowest BCUT2D eigenvalue weighted by Crippen LogP contribution is -2.33. The number of rotatable bonds is 4. The quantitative estimate of drug-likeness (QED) is 0.753. The van der Waals surface area contributed by atoms with E-state index in [1.165, 1.54) is 10.8 Å². The molecule has 8 heteroatoms. The van der Waals surface area contributed by atoms with Crippen LogP contribution in [-0.4, -0.2) is 34.0 Å². The Morgan fingerprint density at radius 3 is 2.92 bits per heavy atom. The van der Waals surface area contributed by atoms with Crippen LogP contribution in [-0.2, 0) is 17.7 Å². The topological polar surface area (TPSA) is 94.1 Å². The molecule has 0 saturated heterocycles. The van der Waals surface area contributed by atoms with Crippen molar-refractivity contribution >= 4 is 28.2 Å². The number of carbonyl (C=O) groups is 1. The highest BCUT2D eigenvalue weighted by Gasteiger charge is 2.30. The Morgan fingerprint density at radius 1 is 1.35 bits per heavy atom. The second kappa shape index (κ2) is 6.62. The smallest absolute Gasteiger partial charge is 0.330 e. The average Bonchev–Trinajstić information content (AvgIpc) is 3.15. The van der Waals surface area contributed by atoms with Gasteiger partial charge in [0.1, 0.15) is 5.65 Å². The number of pyridine rings is 1. The van der Waals surface area contributed by atoms with E-state index in [2.05, 4.69) is 9.97 Å². The van der Waals surface area contributed by atoms with Crippen molar-refractivity contribution in [3.8, 4) is 0 Å². The molecule has 134 valence electrons. The number of thiophene rings is 1. The van der Waals surface area contributed by atoms with E-state index in [4.69, 9.17) is 4.74 Å². The van der Waals surface area contributed by atoms with Gasteiger partial charge < -0.3 is 4.74 Å². The largest absolute Gasteiger partial charge is 0.383 e. The van der Waals surface area contributed by atoms with E-state index >= 15 is 0 Å². The maximum atomic E-state index is 12.6. The summed E-state index contributed by atoms with van der Waals surface area (Å²) in [5, 5.41) is 2.31. The summed E-state index contributed by atoms with van der Waals surface area (Å²) < 4.78 is 6.43. The molecule has 0 aliphatic heterocycles. The second-order valence-corrected chi connectivity index (χ2v) is 7.28. The Labute approximate surface area is 152 Å². The van der Waals surface area contributed by atoms with Gasteiger partial charge in [0.05, 0.1) is 18.5 Å². The van der Waals surface area contributed by atoms with E-state index < -0.39 is 11.2 Å². The fourth-order valence-electron chi connectivity index (χ4n) is 3.52. The van der Waals surface area contributed by atoms with Gasteiger partial charge in [-0.3, -0.25) is 19.1 Å². The summed E-state index contributed by atoms with van der Waals surface area (Å²) >= 11 is 1.61. The van der Waals surface area contributed by atoms with Gasteiger partial charge in [0.25, 0.3) is 5.56 Å². The highest BCUT2D eigenvalue weighted by Crippen LogP contribution is 2.36. The van der Waals surface area contributed by atoms with E-state index in [0.29, 0.717) is 41.6 Å². The summed E-state index contributed by atoms with van der Waals surface area (Å²) in [6, 6.07) is 3.97. The zero-order chi connectivity index (χ0) is 18.3. The Bertz CT molecular complexity index is 1100. The van der Waals surface area contributed by atoms with Crippen molar-refractivity contribution in [1.29, 1.82) is 0 Å². The first-order valence-electron chi connectivity index (χ1n) is 8.30. The molecule has 0 radical (unpaired) electrons. The summed E-state index contributed by atoms with van der Waals surface area (Å²) in [4.78, 5) is 45.1. The molecule has 0 amide bonds. The Morgan fingerprint density at radius 2 is 2.19 bits per heavy atom. The maximum Gasteiger partial charge on any atom is 0.330 e. The molecule has 1 N–H and O–H groups in total. The summed E-state index contributed by atoms with van der Waals surface area (Å²) in [7, 11) is 1.54. The van der Waals surface area contributed by atoms with Gasteiger partial charge in [-0.15, -0.1) is 11.3 Å². The molecule has 26 heavy (non-hydrogen) atoms. The lowest BCUT2D eigenvalue weighted by atomic mass is 9.82. The lowest BCUT2D eigenvalue weighted by Gasteiger charge is -2.24. The zero-order valence-electron chi connectivity index (χ0n) is 14.2. The van der Waals surface area contributed by atoms with Crippen molar-refractivity contribution in [2.24, 2.45) is 0 Å². The van der Waals surface area contributed by atoms with Crippen LogP contribution in [0.15, 0.2) is 33.3 Å². The number of aromatic nitrogens is 3. The van der Waals surface area contributed by atoms with Gasteiger partial charge in [0.2, 0.25) is 0 Å². The number of ketones is 1. The molecule has 1 atom stereocenters. The van der Waals surface area contributed by atoms with E-state index in [9.17, 15) is 14.4 Å². The van der Waals surface area contributed by atoms with Crippen molar-refractivity contribution in [2.75, 3.05) is 13.7 Å². The number of nitrogens with one attached hydrogen (secondary N) is 1. The van der Waals surface area contributed by atoms with Crippen LogP contribution >= 0.6 is 11.3 Å². The molecule has 7 nitrogen and oxygen atoms in total. The molecule has 0 saturated carbocycles. The minimum Gasteiger partial charge on any atom is -0.383 e. The first-order chi connectivity index (χ1) is 12.6. The fourth-order valence-corrected chi connectivity index (χ4v) is 4.35. The molecule has 3 aromatic heterocycles. The van der Waals surface area contributed by atoms with Crippen LogP contribution in [0.4, 0.5) is 0 Å². The molecular formula is C18H17N3O4S. The molecule has 0 unspecified atom stereocenters. The van der Waals surface area contributed by atoms with Crippen LogP contribution in [0, 0.1) is 0 Å². The van der Waals surface area contributed by atoms with Crippen LogP contribution in [0.1, 0.15) is 33.1 Å². The molecular weight excluding hydrogens is 354 g/mol. The van der Waals surface area contributed by atoms with Crippen molar-refractivity contribution in [3.05, 3.63) is 60.6 Å². The third kappa shape index (κ3) is 2.71. The highest BCUT2D eigenvalue weighted by atomic mass is 32.1. The number of carbonyl (C=O) groups excluding carboxylic acids is 1. The number of nitrogens with zero attached hydrogens (tertiary/aromatic N) is 2. The molecule has 0 bridgehead atoms. The van der Waals surface area contributed by atoms with E-state index in [1.54, 1.807) is 18.4 Å². The summed E-state index contributed by atoms with van der Waals surface area (Å²) in [6.45, 7) is 0.591. The minimum atomic E-state index is -0.524. The Balaban J connectivity index is 1.94. The van der Waals surface area contributed by atoms with Crippen LogP contribution in [0.2, 0.25) is 0 Å². The van der Waals surface area contributed by atoms with Gasteiger partial charge in [-0.1, -0.05) is 6.07 Å². The number of ether oxygens (including phenoxy) is 1. The first-order valence-corrected chi connectivity index (χ1v) is 9.18. The summed E-state index contributed by atoms with van der Waals surface area (Å²) in [5.41, 5.74) is 0.436. The van der Waals surface area contributed by atoms with Gasteiger partial charge in [-0.05, 0) is 23.4 Å². The zero-order valence-corrected chi connectivity index (χ0v) is 15.0. The molecule has 0 spiro atoms. The molecule has 3 aromatic rings. The number of fused-ring (bicyclic) bond motifs is 3. The standard InChI is InChI=1S/C18H17N3O4S/c1-25-5-4-21-16-15(17(23)20-18(21)24)11-7-10(14-3-2-6-26-14)8-13(22)12(11)9-19-16/h2-3,6,9-10H,4-5,7-8H2,1H3,(H,20,23,24)/t10-/m1/s1. The van der Waals surface area contributed by atoms with Crippen molar-refractivity contribution in [2.45, 2.75) is 25.3 Å². The van der Waals surface area contributed by atoms with Crippen molar-refractivity contribution < 1.29 is 9.53 Å². The van der Waals surface area contributed by atoms with E-state index in [0.717, 1.165) is 4.88 Å². The third-order valence-corrected chi connectivity index (χ3v) is 5.80. The van der Waals surface area contributed by atoms with Crippen molar-refractivity contribution in [3.63, 3.8) is 0 Å². The van der Waals surface area contributed by atoms with Crippen molar-refractivity contribution in [1.82, 2.24) is 14.5 Å².